The standard InChI is InChI=1S/C8H14O/c1-3-5-7-9-8-6-4-2/h3-4H,1-2,5-8H2. The lowest BCUT2D eigenvalue weighted by Gasteiger charge is -1.96. The van der Waals surface area contributed by atoms with Crippen LogP contribution in [0.5, 0.6) is 0 Å². The van der Waals surface area contributed by atoms with Crippen molar-refractivity contribution in [1.82, 2.24) is 0 Å². The summed E-state index contributed by atoms with van der Waals surface area (Å²) in [6.07, 6.45) is 5.59. The van der Waals surface area contributed by atoms with Gasteiger partial charge in [0.15, 0.2) is 0 Å². The minimum absolute atomic E-state index is 0.789. The highest BCUT2D eigenvalue weighted by molar-refractivity contribution is 4.66. The minimum atomic E-state index is 0.789. The van der Waals surface area contributed by atoms with E-state index in [0.29, 0.717) is 0 Å². The Hall–Kier alpha value is -0.560. The highest BCUT2D eigenvalue weighted by Crippen LogP contribution is 1.85. The Labute approximate surface area is 57.0 Å². The Bertz CT molecular complexity index is 66.6. The summed E-state index contributed by atoms with van der Waals surface area (Å²) >= 11 is 0. The molecule has 0 unspecified atom stereocenters. The van der Waals surface area contributed by atoms with Crippen LogP contribution in [0.15, 0.2) is 25.3 Å². The van der Waals surface area contributed by atoms with E-state index in [0.717, 1.165) is 26.1 Å². The molecule has 0 heterocycles. The molecular weight excluding hydrogens is 112 g/mol. The lowest BCUT2D eigenvalue weighted by Crippen LogP contribution is -1.93. The molecule has 52 valence electrons. The van der Waals surface area contributed by atoms with E-state index >= 15 is 0 Å². The highest BCUT2D eigenvalue weighted by atomic mass is 16.5. The molecule has 0 bridgehead atoms. The van der Waals surface area contributed by atoms with E-state index < -0.39 is 0 Å². The van der Waals surface area contributed by atoms with Gasteiger partial charge in [-0.15, -0.1) is 13.2 Å². The maximum absolute atomic E-state index is 5.17. The van der Waals surface area contributed by atoms with Gasteiger partial charge in [-0.2, -0.15) is 0 Å². The number of rotatable bonds is 6. The van der Waals surface area contributed by atoms with Crippen LogP contribution >= 0.6 is 0 Å². The van der Waals surface area contributed by atoms with Crippen LogP contribution in [0.3, 0.4) is 0 Å². The third kappa shape index (κ3) is 7.44. The number of ether oxygens (including phenoxy) is 1. The molecule has 0 aliphatic carbocycles. The molecule has 0 aliphatic rings. The van der Waals surface area contributed by atoms with Gasteiger partial charge in [0.05, 0.1) is 13.2 Å². The average molecular weight is 126 g/mol. The zero-order chi connectivity index (χ0) is 6.95. The summed E-state index contributed by atoms with van der Waals surface area (Å²) in [6, 6.07) is 0. The van der Waals surface area contributed by atoms with E-state index in [4.69, 9.17) is 4.74 Å². The van der Waals surface area contributed by atoms with Gasteiger partial charge in [-0.25, -0.2) is 0 Å². The maximum Gasteiger partial charge on any atom is 0.0500 e. The average Bonchev–Trinajstić information content (AvgIpc) is 1.89. The topological polar surface area (TPSA) is 9.23 Å². The van der Waals surface area contributed by atoms with Gasteiger partial charge in [0.25, 0.3) is 0 Å². The van der Waals surface area contributed by atoms with Crippen molar-refractivity contribution in [2.24, 2.45) is 0 Å². The molecule has 0 rings (SSSR count). The summed E-state index contributed by atoms with van der Waals surface area (Å²) in [5.41, 5.74) is 0. The van der Waals surface area contributed by atoms with Crippen LogP contribution in [-0.4, -0.2) is 13.2 Å². The first-order valence-corrected chi connectivity index (χ1v) is 3.21. The number of hydrogen-bond donors (Lipinski definition) is 0. The molecule has 0 spiro atoms. The van der Waals surface area contributed by atoms with E-state index in [1.165, 1.54) is 0 Å². The Balaban J connectivity index is 2.74. The van der Waals surface area contributed by atoms with Crippen molar-refractivity contribution in [2.45, 2.75) is 12.8 Å². The lowest BCUT2D eigenvalue weighted by molar-refractivity contribution is 0.143. The maximum atomic E-state index is 5.17. The first-order valence-electron chi connectivity index (χ1n) is 3.21. The SMILES string of the molecule is C=CCCOCCC=C. The minimum Gasteiger partial charge on any atom is -0.381 e. The Morgan fingerprint density at radius 1 is 1.00 bits per heavy atom. The van der Waals surface area contributed by atoms with Crippen LogP contribution in [0.1, 0.15) is 12.8 Å². The molecule has 0 aliphatic heterocycles. The molecule has 0 fully saturated rings. The van der Waals surface area contributed by atoms with Crippen LogP contribution in [0.25, 0.3) is 0 Å². The Morgan fingerprint density at radius 2 is 1.44 bits per heavy atom. The fourth-order valence-corrected chi connectivity index (χ4v) is 0.435. The molecule has 0 saturated carbocycles. The van der Waals surface area contributed by atoms with Crippen LogP contribution in [0.2, 0.25) is 0 Å². The quantitative estimate of drug-likeness (QED) is 0.391. The van der Waals surface area contributed by atoms with Gasteiger partial charge >= 0.3 is 0 Å². The van der Waals surface area contributed by atoms with Crippen molar-refractivity contribution in [1.29, 1.82) is 0 Å². The summed E-state index contributed by atoms with van der Waals surface area (Å²) in [5, 5.41) is 0. The van der Waals surface area contributed by atoms with Crippen LogP contribution < -0.4 is 0 Å². The van der Waals surface area contributed by atoms with Gasteiger partial charge in [-0.1, -0.05) is 12.2 Å². The first-order chi connectivity index (χ1) is 4.41. The van der Waals surface area contributed by atoms with Crippen molar-refractivity contribution >= 4 is 0 Å². The third-order valence-corrected chi connectivity index (χ3v) is 0.933. The predicted octanol–water partition coefficient (Wildman–Crippen LogP) is 2.16. The second-order valence-corrected chi connectivity index (χ2v) is 1.77. The Morgan fingerprint density at radius 3 is 1.78 bits per heavy atom. The van der Waals surface area contributed by atoms with Crippen molar-refractivity contribution in [3.63, 3.8) is 0 Å². The normalized spacial score (nSPS) is 8.89. The molecule has 0 radical (unpaired) electrons. The molecule has 1 nitrogen and oxygen atoms in total. The van der Waals surface area contributed by atoms with E-state index in [1.54, 1.807) is 0 Å². The summed E-state index contributed by atoms with van der Waals surface area (Å²) < 4.78 is 5.17. The molecule has 0 atom stereocenters. The van der Waals surface area contributed by atoms with Gasteiger partial charge in [-0.3, -0.25) is 0 Å². The predicted molar refractivity (Wildman–Crippen MR) is 40.4 cm³/mol. The molecule has 0 amide bonds. The smallest absolute Gasteiger partial charge is 0.0500 e. The molecule has 0 N–H and O–H groups in total. The van der Waals surface area contributed by atoms with Crippen molar-refractivity contribution in [3.05, 3.63) is 25.3 Å². The summed E-state index contributed by atoms with van der Waals surface area (Å²) in [7, 11) is 0. The van der Waals surface area contributed by atoms with E-state index in [2.05, 4.69) is 13.2 Å². The monoisotopic (exact) mass is 126 g/mol. The van der Waals surface area contributed by atoms with Crippen molar-refractivity contribution in [3.8, 4) is 0 Å². The zero-order valence-corrected chi connectivity index (χ0v) is 5.81. The second kappa shape index (κ2) is 7.44. The Kier molecular flexibility index (Phi) is 6.98. The summed E-state index contributed by atoms with van der Waals surface area (Å²) in [5.74, 6) is 0. The summed E-state index contributed by atoms with van der Waals surface area (Å²) in [6.45, 7) is 8.73. The third-order valence-electron chi connectivity index (χ3n) is 0.933. The summed E-state index contributed by atoms with van der Waals surface area (Å²) in [4.78, 5) is 0. The first kappa shape index (κ1) is 8.44. The fraction of sp³-hybridized carbons (Fsp3) is 0.500. The lowest BCUT2D eigenvalue weighted by atomic mass is 10.4. The molecule has 0 aromatic rings. The highest BCUT2D eigenvalue weighted by Gasteiger charge is 1.81. The fourth-order valence-electron chi connectivity index (χ4n) is 0.435. The van der Waals surface area contributed by atoms with Crippen molar-refractivity contribution in [2.75, 3.05) is 13.2 Å². The van der Waals surface area contributed by atoms with Gasteiger partial charge in [0.1, 0.15) is 0 Å². The molecule has 0 aromatic heterocycles. The van der Waals surface area contributed by atoms with E-state index in [1.807, 2.05) is 12.2 Å². The largest absolute Gasteiger partial charge is 0.381 e. The molecule has 1 heteroatoms. The van der Waals surface area contributed by atoms with Gasteiger partial charge in [0, 0.05) is 0 Å². The zero-order valence-electron chi connectivity index (χ0n) is 5.81. The van der Waals surface area contributed by atoms with Crippen LogP contribution in [-0.2, 0) is 4.74 Å². The van der Waals surface area contributed by atoms with Gasteiger partial charge in [-0.05, 0) is 12.8 Å². The molecular formula is C8H14O. The van der Waals surface area contributed by atoms with Crippen LogP contribution in [0.4, 0.5) is 0 Å². The van der Waals surface area contributed by atoms with Gasteiger partial charge < -0.3 is 4.74 Å². The molecule has 0 aromatic carbocycles. The van der Waals surface area contributed by atoms with Crippen molar-refractivity contribution < 1.29 is 4.74 Å². The molecule has 9 heavy (non-hydrogen) atoms. The van der Waals surface area contributed by atoms with Crippen LogP contribution in [0, 0.1) is 0 Å². The second-order valence-electron chi connectivity index (χ2n) is 1.77. The molecule has 0 saturated heterocycles. The van der Waals surface area contributed by atoms with E-state index in [9.17, 15) is 0 Å². The number of hydrogen-bond acceptors (Lipinski definition) is 1. The van der Waals surface area contributed by atoms with E-state index in [-0.39, 0.29) is 0 Å². The van der Waals surface area contributed by atoms with Gasteiger partial charge in [0.2, 0.25) is 0 Å².